The van der Waals surface area contributed by atoms with Crippen LogP contribution in [0, 0.1) is 0 Å². The third kappa shape index (κ3) is 3.74. The third-order valence-electron chi connectivity index (χ3n) is 4.82. The molecule has 0 saturated heterocycles. The molecule has 4 aromatic rings. The molecule has 0 radical (unpaired) electrons. The summed E-state index contributed by atoms with van der Waals surface area (Å²) in [6.45, 7) is 0. The summed E-state index contributed by atoms with van der Waals surface area (Å²) in [5.74, 6) is -1.07. The monoisotopic (exact) mass is 407 g/mol. The molecule has 0 heterocycles. The summed E-state index contributed by atoms with van der Waals surface area (Å²) in [6.07, 6.45) is 0. The molecule has 146 valence electrons. The summed E-state index contributed by atoms with van der Waals surface area (Å²) < 4.78 is 12.3. The van der Waals surface area contributed by atoms with Gasteiger partial charge in [0, 0.05) is 0 Å². The van der Waals surface area contributed by atoms with Gasteiger partial charge in [0.25, 0.3) is 0 Å². The van der Waals surface area contributed by atoms with Crippen LogP contribution in [0.5, 0.6) is 5.75 Å². The number of rotatable bonds is 4. The molecule has 1 unspecified atom stereocenters. The van der Waals surface area contributed by atoms with Gasteiger partial charge in [-0.15, -0.1) is 0 Å². The lowest BCUT2D eigenvalue weighted by Gasteiger charge is -2.20. The van der Waals surface area contributed by atoms with Crippen LogP contribution < -0.4 is 5.32 Å². The molecule has 0 aliphatic heterocycles. The zero-order valence-corrected chi connectivity index (χ0v) is 16.1. The van der Waals surface area contributed by atoms with E-state index in [2.05, 4.69) is 5.32 Å². The van der Waals surface area contributed by atoms with Crippen LogP contribution >= 0.6 is 7.60 Å². The van der Waals surface area contributed by atoms with Gasteiger partial charge in [0.15, 0.2) is 5.66 Å². The lowest BCUT2D eigenvalue weighted by atomic mass is 10.0. The first-order chi connectivity index (χ1) is 13.8. The van der Waals surface area contributed by atoms with Crippen molar-refractivity contribution in [1.29, 1.82) is 0 Å². The van der Waals surface area contributed by atoms with Crippen LogP contribution in [0.2, 0.25) is 0 Å². The van der Waals surface area contributed by atoms with Gasteiger partial charge in [-0.2, -0.15) is 0 Å². The number of anilines is 1. The zero-order valence-electron chi connectivity index (χ0n) is 15.2. The van der Waals surface area contributed by atoms with Crippen LogP contribution in [0.25, 0.3) is 21.5 Å². The number of nitrogens with one attached hydrogen (secondary N) is 1. The lowest BCUT2D eigenvalue weighted by molar-refractivity contribution is -0.116. The maximum absolute atomic E-state index is 13.0. The lowest BCUT2D eigenvalue weighted by Crippen LogP contribution is -2.21. The van der Waals surface area contributed by atoms with E-state index in [4.69, 9.17) is 0 Å². The second-order valence-corrected chi connectivity index (χ2v) is 8.46. The molecule has 1 atom stereocenters. The van der Waals surface area contributed by atoms with Crippen molar-refractivity contribution in [1.82, 2.24) is 0 Å². The molecule has 4 aromatic carbocycles. The fraction of sp³-hybridized carbons (Fsp3) is 0.0455. The Balaban J connectivity index is 1.78. The van der Waals surface area contributed by atoms with Crippen molar-refractivity contribution in [3.8, 4) is 5.75 Å². The van der Waals surface area contributed by atoms with Gasteiger partial charge in [0.1, 0.15) is 5.75 Å². The van der Waals surface area contributed by atoms with E-state index in [9.17, 15) is 24.3 Å². The first kappa shape index (κ1) is 19.2. The number of benzene rings is 4. The number of carbonyl (C=O) groups is 1. The number of hydrogen-bond acceptors (Lipinski definition) is 3. The highest BCUT2D eigenvalue weighted by Crippen LogP contribution is 2.53. The van der Waals surface area contributed by atoms with Crippen LogP contribution in [0.1, 0.15) is 11.2 Å². The van der Waals surface area contributed by atoms with Crippen LogP contribution in [-0.4, -0.2) is 20.8 Å². The van der Waals surface area contributed by atoms with Gasteiger partial charge in [-0.25, -0.2) is 0 Å². The summed E-state index contributed by atoms with van der Waals surface area (Å²) in [5, 5.41) is 15.7. The van der Waals surface area contributed by atoms with Gasteiger partial charge < -0.3 is 20.2 Å². The molecular formula is C22H18NO5P. The van der Waals surface area contributed by atoms with E-state index in [1.807, 2.05) is 42.5 Å². The van der Waals surface area contributed by atoms with Gasteiger partial charge in [-0.1, -0.05) is 66.7 Å². The van der Waals surface area contributed by atoms with Crippen molar-refractivity contribution in [3.05, 3.63) is 84.4 Å². The van der Waals surface area contributed by atoms with E-state index < -0.39 is 19.2 Å². The summed E-state index contributed by atoms with van der Waals surface area (Å²) >= 11 is 0. The van der Waals surface area contributed by atoms with Crippen LogP contribution in [0.4, 0.5) is 5.69 Å². The van der Waals surface area contributed by atoms with E-state index >= 15 is 0 Å². The molecule has 0 aromatic heterocycles. The molecule has 0 spiro atoms. The van der Waals surface area contributed by atoms with Crippen LogP contribution in [-0.2, 0) is 9.36 Å². The quantitative estimate of drug-likeness (QED) is 0.293. The molecule has 0 aliphatic carbocycles. The van der Waals surface area contributed by atoms with Gasteiger partial charge >= 0.3 is 7.60 Å². The van der Waals surface area contributed by atoms with Gasteiger partial charge in [-0.05, 0) is 39.2 Å². The smallest absolute Gasteiger partial charge is 0.342 e. The number of phenols is 1. The standard InChI is InChI=1S/C22H18NO5P/c24-20-13-16-8-2-1-7-15(16)12-19(20)23-22(25)21(29(26,27)28)18-11-5-9-14-6-3-4-10-17(14)18/h1-13,21,24H,(H,23,25)(H2,26,27,28). The minimum Gasteiger partial charge on any atom is -0.506 e. The average molecular weight is 407 g/mol. The van der Waals surface area contributed by atoms with Crippen molar-refractivity contribution < 1.29 is 24.3 Å². The molecule has 0 fully saturated rings. The Morgan fingerprint density at radius 3 is 2.10 bits per heavy atom. The first-order valence-electron chi connectivity index (χ1n) is 8.90. The molecule has 4 N–H and O–H groups in total. The highest BCUT2D eigenvalue weighted by molar-refractivity contribution is 7.53. The molecule has 0 aliphatic rings. The molecule has 0 saturated carbocycles. The van der Waals surface area contributed by atoms with Crippen molar-refractivity contribution >= 4 is 40.7 Å². The van der Waals surface area contributed by atoms with E-state index in [0.717, 1.165) is 16.2 Å². The summed E-state index contributed by atoms with van der Waals surface area (Å²) in [4.78, 5) is 32.9. The van der Waals surface area contributed by atoms with E-state index in [1.54, 1.807) is 24.3 Å². The number of hydrogen-bond donors (Lipinski definition) is 4. The second kappa shape index (κ2) is 7.33. The fourth-order valence-corrected chi connectivity index (χ4v) is 4.45. The maximum Gasteiger partial charge on any atom is 0.342 e. The summed E-state index contributed by atoms with van der Waals surface area (Å²) in [7, 11) is -4.85. The highest BCUT2D eigenvalue weighted by atomic mass is 31.2. The molecule has 1 amide bonds. The minimum absolute atomic E-state index is 0.0902. The van der Waals surface area contributed by atoms with E-state index in [-0.39, 0.29) is 17.0 Å². The minimum atomic E-state index is -4.85. The van der Waals surface area contributed by atoms with Gasteiger partial charge in [0.2, 0.25) is 5.91 Å². The topological polar surface area (TPSA) is 107 Å². The Hall–Kier alpha value is -3.18. The molecule has 6 nitrogen and oxygen atoms in total. The molecule has 0 bridgehead atoms. The zero-order chi connectivity index (χ0) is 20.6. The number of aromatic hydroxyl groups is 1. The Morgan fingerprint density at radius 1 is 0.828 bits per heavy atom. The number of phenolic OH excluding ortho intramolecular Hbond substituents is 1. The Morgan fingerprint density at radius 2 is 1.41 bits per heavy atom. The number of fused-ring (bicyclic) bond motifs is 2. The van der Waals surface area contributed by atoms with Crippen molar-refractivity contribution in [2.24, 2.45) is 0 Å². The summed E-state index contributed by atoms with van der Waals surface area (Å²) in [6, 6.07) is 22.4. The maximum atomic E-state index is 13.0. The fourth-order valence-electron chi connectivity index (χ4n) is 3.49. The van der Waals surface area contributed by atoms with Crippen molar-refractivity contribution in [2.45, 2.75) is 5.66 Å². The predicted octanol–water partition coefficient (Wildman–Crippen LogP) is 4.56. The largest absolute Gasteiger partial charge is 0.506 e. The van der Waals surface area contributed by atoms with E-state index in [1.165, 1.54) is 12.1 Å². The van der Waals surface area contributed by atoms with Crippen LogP contribution in [0.15, 0.2) is 78.9 Å². The highest BCUT2D eigenvalue weighted by Gasteiger charge is 2.38. The normalized spacial score (nSPS) is 12.8. The van der Waals surface area contributed by atoms with Crippen molar-refractivity contribution in [2.75, 3.05) is 5.32 Å². The van der Waals surface area contributed by atoms with E-state index in [0.29, 0.717) is 5.39 Å². The molecular weight excluding hydrogens is 389 g/mol. The van der Waals surface area contributed by atoms with Gasteiger partial charge in [-0.3, -0.25) is 9.36 Å². The predicted molar refractivity (Wildman–Crippen MR) is 113 cm³/mol. The number of amides is 1. The Kier molecular flexibility index (Phi) is 4.84. The Labute approximate surface area is 166 Å². The molecule has 7 heteroatoms. The second-order valence-electron chi connectivity index (χ2n) is 6.77. The molecule has 4 rings (SSSR count). The first-order valence-corrected chi connectivity index (χ1v) is 10.6. The number of carbonyl (C=O) groups excluding carboxylic acids is 1. The summed E-state index contributed by atoms with van der Waals surface area (Å²) in [5.41, 5.74) is -1.39. The van der Waals surface area contributed by atoms with Crippen LogP contribution in [0.3, 0.4) is 0 Å². The SMILES string of the molecule is O=C(Nc1cc2ccccc2cc1O)C(c1cccc2ccccc12)P(=O)(O)O. The molecule has 29 heavy (non-hydrogen) atoms. The Bertz CT molecular complexity index is 1280. The average Bonchev–Trinajstić information content (AvgIpc) is 2.68. The van der Waals surface area contributed by atoms with Gasteiger partial charge in [0.05, 0.1) is 5.69 Å². The third-order valence-corrected chi connectivity index (χ3v) is 6.01. The van der Waals surface area contributed by atoms with Crippen molar-refractivity contribution in [3.63, 3.8) is 0 Å².